The molecule has 0 bridgehead atoms. The molecule has 2 aliphatic rings. The SMILES string of the molecule is C=CCc1c2c(nc3cc(O)ccc13)-c1cc3c(c(=O)n1C2)COC(=O)[C@]3(O)CC. The number of aliphatic hydroxyl groups is 1. The fourth-order valence-corrected chi connectivity index (χ4v) is 4.53. The summed E-state index contributed by atoms with van der Waals surface area (Å²) in [7, 11) is 0. The standard InChI is InChI=1S/C23H20N2O5/c1-3-5-13-14-7-6-12(26)8-18(14)24-20-15(13)10-25-19(20)9-17-16(21(25)27)11-30-22(28)23(17,29)4-2/h3,6-9,26,29H,1,4-5,10-11H2,2H3/t23-/m0/s1. The Kier molecular flexibility index (Phi) is 3.88. The number of hydrogen-bond acceptors (Lipinski definition) is 6. The van der Waals surface area contributed by atoms with Crippen LogP contribution in [0.2, 0.25) is 0 Å². The van der Waals surface area contributed by atoms with Crippen LogP contribution in [0.5, 0.6) is 5.75 Å². The van der Waals surface area contributed by atoms with Crippen LogP contribution in [0, 0.1) is 0 Å². The van der Waals surface area contributed by atoms with Gasteiger partial charge in [-0.3, -0.25) is 4.79 Å². The molecule has 2 aromatic heterocycles. The molecule has 0 spiro atoms. The summed E-state index contributed by atoms with van der Waals surface area (Å²) in [5.74, 6) is -0.646. The number of ether oxygens (including phenoxy) is 1. The lowest BCUT2D eigenvalue weighted by molar-refractivity contribution is -0.172. The fourth-order valence-electron chi connectivity index (χ4n) is 4.53. The summed E-state index contributed by atoms with van der Waals surface area (Å²) in [6, 6.07) is 6.70. The molecule has 3 aromatic rings. The molecule has 30 heavy (non-hydrogen) atoms. The molecule has 2 N–H and O–H groups in total. The number of phenolic OH excluding ortho intramolecular Hbond substituents is 1. The quantitative estimate of drug-likeness (QED) is 0.402. The maximum atomic E-state index is 13.3. The minimum absolute atomic E-state index is 0.0926. The van der Waals surface area contributed by atoms with Crippen molar-refractivity contribution in [1.29, 1.82) is 0 Å². The molecule has 0 saturated carbocycles. The highest BCUT2D eigenvalue weighted by Gasteiger charge is 2.45. The number of rotatable bonds is 3. The molecular formula is C23H20N2O5. The molecule has 4 heterocycles. The van der Waals surface area contributed by atoms with Crippen molar-refractivity contribution in [1.82, 2.24) is 9.55 Å². The Bertz CT molecular complexity index is 1320. The normalized spacial score (nSPS) is 19.2. The van der Waals surface area contributed by atoms with Crippen LogP contribution in [-0.4, -0.2) is 25.7 Å². The van der Waals surface area contributed by atoms with Gasteiger partial charge in [-0.25, -0.2) is 9.78 Å². The minimum Gasteiger partial charge on any atom is -0.508 e. The van der Waals surface area contributed by atoms with Crippen molar-refractivity contribution in [2.75, 3.05) is 0 Å². The average molecular weight is 404 g/mol. The van der Waals surface area contributed by atoms with E-state index in [1.807, 2.05) is 6.07 Å². The molecule has 1 atom stereocenters. The van der Waals surface area contributed by atoms with Gasteiger partial charge < -0.3 is 19.5 Å². The first-order chi connectivity index (χ1) is 14.4. The van der Waals surface area contributed by atoms with Crippen molar-refractivity contribution in [3.63, 3.8) is 0 Å². The van der Waals surface area contributed by atoms with Crippen molar-refractivity contribution in [3.8, 4) is 17.1 Å². The molecule has 0 unspecified atom stereocenters. The van der Waals surface area contributed by atoms with Crippen molar-refractivity contribution < 1.29 is 19.7 Å². The summed E-state index contributed by atoms with van der Waals surface area (Å²) in [4.78, 5) is 30.3. The summed E-state index contributed by atoms with van der Waals surface area (Å²) in [5, 5.41) is 21.8. The van der Waals surface area contributed by atoms with E-state index in [1.54, 1.807) is 35.8 Å². The predicted octanol–water partition coefficient (Wildman–Crippen LogP) is 2.51. The van der Waals surface area contributed by atoms with Gasteiger partial charge in [-0.2, -0.15) is 0 Å². The first-order valence-electron chi connectivity index (χ1n) is 9.81. The van der Waals surface area contributed by atoms with E-state index in [0.29, 0.717) is 35.4 Å². The third-order valence-electron chi connectivity index (χ3n) is 6.14. The Morgan fingerprint density at radius 3 is 2.83 bits per heavy atom. The highest BCUT2D eigenvalue weighted by Crippen LogP contribution is 2.40. The summed E-state index contributed by atoms with van der Waals surface area (Å²) < 4.78 is 6.72. The molecule has 2 aliphatic heterocycles. The van der Waals surface area contributed by atoms with Gasteiger partial charge in [0.15, 0.2) is 5.60 Å². The van der Waals surface area contributed by atoms with Crippen LogP contribution >= 0.6 is 0 Å². The van der Waals surface area contributed by atoms with Crippen LogP contribution in [0.4, 0.5) is 0 Å². The Balaban J connectivity index is 1.84. The molecule has 0 amide bonds. The van der Waals surface area contributed by atoms with E-state index in [4.69, 9.17) is 9.72 Å². The van der Waals surface area contributed by atoms with Gasteiger partial charge in [0.05, 0.1) is 29.0 Å². The monoisotopic (exact) mass is 404 g/mol. The molecular weight excluding hydrogens is 384 g/mol. The number of fused-ring (bicyclic) bond motifs is 5. The summed E-state index contributed by atoms with van der Waals surface area (Å²) in [6.07, 6.45) is 2.46. The maximum Gasteiger partial charge on any atom is 0.343 e. The van der Waals surface area contributed by atoms with E-state index in [9.17, 15) is 19.8 Å². The second-order valence-electron chi connectivity index (χ2n) is 7.71. The largest absolute Gasteiger partial charge is 0.508 e. The summed E-state index contributed by atoms with van der Waals surface area (Å²) >= 11 is 0. The van der Waals surface area contributed by atoms with Crippen molar-refractivity contribution in [2.45, 2.75) is 38.5 Å². The highest BCUT2D eigenvalue weighted by atomic mass is 16.6. The van der Waals surface area contributed by atoms with E-state index in [-0.39, 0.29) is 29.9 Å². The van der Waals surface area contributed by atoms with E-state index in [1.165, 1.54) is 0 Å². The van der Waals surface area contributed by atoms with Crippen LogP contribution in [0.25, 0.3) is 22.3 Å². The van der Waals surface area contributed by atoms with Crippen LogP contribution < -0.4 is 5.56 Å². The van der Waals surface area contributed by atoms with Gasteiger partial charge in [0.1, 0.15) is 12.4 Å². The first-order valence-corrected chi connectivity index (χ1v) is 9.81. The van der Waals surface area contributed by atoms with Crippen LogP contribution in [0.3, 0.4) is 0 Å². The van der Waals surface area contributed by atoms with Gasteiger partial charge in [-0.1, -0.05) is 13.0 Å². The van der Waals surface area contributed by atoms with Gasteiger partial charge in [-0.15, -0.1) is 6.58 Å². The molecule has 0 fully saturated rings. The molecule has 7 heteroatoms. The summed E-state index contributed by atoms with van der Waals surface area (Å²) in [6.45, 7) is 5.70. The molecule has 0 aliphatic carbocycles. The first kappa shape index (κ1) is 18.6. The zero-order valence-corrected chi connectivity index (χ0v) is 16.4. The second-order valence-corrected chi connectivity index (χ2v) is 7.71. The number of benzene rings is 1. The lowest BCUT2D eigenvalue weighted by Gasteiger charge is -2.31. The zero-order valence-electron chi connectivity index (χ0n) is 16.4. The van der Waals surface area contributed by atoms with Crippen molar-refractivity contribution in [2.24, 2.45) is 0 Å². The van der Waals surface area contributed by atoms with Gasteiger partial charge in [0, 0.05) is 22.6 Å². The Labute approximate surface area is 171 Å². The zero-order chi connectivity index (χ0) is 21.2. The molecule has 0 saturated heterocycles. The minimum atomic E-state index is -1.86. The van der Waals surface area contributed by atoms with Gasteiger partial charge in [0.2, 0.25) is 0 Å². The predicted molar refractivity (Wildman–Crippen MR) is 110 cm³/mol. The highest BCUT2D eigenvalue weighted by molar-refractivity contribution is 5.90. The molecule has 5 rings (SSSR count). The van der Waals surface area contributed by atoms with Crippen molar-refractivity contribution in [3.05, 3.63) is 69.5 Å². The number of carbonyl (C=O) groups excluding carboxylic acids is 1. The number of hydrogen-bond donors (Lipinski definition) is 2. The number of phenols is 1. The van der Waals surface area contributed by atoms with E-state index >= 15 is 0 Å². The number of aromatic nitrogens is 2. The van der Waals surface area contributed by atoms with Crippen LogP contribution in [0.1, 0.15) is 35.6 Å². The summed E-state index contributed by atoms with van der Waals surface area (Å²) in [5.41, 5.74) is 2.09. The third kappa shape index (κ3) is 2.32. The molecule has 0 radical (unpaired) electrons. The molecule has 152 valence electrons. The second kappa shape index (κ2) is 6.27. The van der Waals surface area contributed by atoms with Gasteiger partial charge in [-0.05, 0) is 36.6 Å². The maximum absolute atomic E-state index is 13.3. The van der Waals surface area contributed by atoms with E-state index in [0.717, 1.165) is 16.5 Å². The van der Waals surface area contributed by atoms with Crippen LogP contribution in [0.15, 0.2) is 41.7 Å². The number of allylic oxidation sites excluding steroid dienone is 1. The lowest BCUT2D eigenvalue weighted by Crippen LogP contribution is -2.44. The topological polar surface area (TPSA) is 102 Å². The van der Waals surface area contributed by atoms with E-state index < -0.39 is 11.6 Å². The number of pyridine rings is 2. The molecule has 1 aromatic carbocycles. The number of aromatic hydroxyl groups is 1. The fraction of sp³-hybridized carbons (Fsp3) is 0.261. The van der Waals surface area contributed by atoms with Gasteiger partial charge in [0.25, 0.3) is 5.56 Å². The Hall–Kier alpha value is -3.45. The number of carbonyl (C=O) groups is 1. The van der Waals surface area contributed by atoms with E-state index in [2.05, 4.69) is 6.58 Å². The number of esters is 1. The van der Waals surface area contributed by atoms with Crippen LogP contribution in [-0.2, 0) is 34.7 Å². The number of nitrogens with zero attached hydrogens (tertiary/aromatic N) is 2. The third-order valence-corrected chi connectivity index (χ3v) is 6.14. The Morgan fingerprint density at radius 1 is 1.30 bits per heavy atom. The van der Waals surface area contributed by atoms with Gasteiger partial charge >= 0.3 is 5.97 Å². The van der Waals surface area contributed by atoms with Crippen molar-refractivity contribution >= 4 is 16.9 Å². The molecule has 7 nitrogen and oxygen atoms in total. The lowest BCUT2D eigenvalue weighted by atomic mass is 9.86. The number of cyclic esters (lactones) is 1. The average Bonchev–Trinajstić information content (AvgIpc) is 3.10. The smallest absolute Gasteiger partial charge is 0.343 e. The Morgan fingerprint density at radius 2 is 2.10 bits per heavy atom.